The van der Waals surface area contributed by atoms with Crippen molar-refractivity contribution in [2.24, 2.45) is 5.92 Å². The van der Waals surface area contributed by atoms with Crippen LogP contribution in [0.3, 0.4) is 0 Å². The first-order chi connectivity index (χ1) is 8.22. The molecule has 17 heavy (non-hydrogen) atoms. The van der Waals surface area contributed by atoms with E-state index in [1.165, 1.54) is 0 Å². The molecular formula is C13H16ClNO2. The summed E-state index contributed by atoms with van der Waals surface area (Å²) in [5.74, 6) is -0.226. The minimum absolute atomic E-state index is 0.0211. The zero-order valence-electron chi connectivity index (χ0n) is 9.78. The van der Waals surface area contributed by atoms with Crippen molar-refractivity contribution < 1.29 is 9.53 Å². The van der Waals surface area contributed by atoms with E-state index in [4.69, 9.17) is 16.3 Å². The van der Waals surface area contributed by atoms with Crippen molar-refractivity contribution in [3.63, 3.8) is 0 Å². The minimum Gasteiger partial charge on any atom is -0.466 e. The lowest BCUT2D eigenvalue weighted by Crippen LogP contribution is -2.25. The van der Waals surface area contributed by atoms with E-state index in [1.54, 1.807) is 0 Å². The molecule has 0 spiro atoms. The molecule has 2 rings (SSSR count). The number of hydrogen-bond donors (Lipinski definition) is 1. The Labute approximate surface area is 106 Å². The number of carbonyl (C=O) groups excluding carboxylic acids is 1. The maximum Gasteiger partial charge on any atom is 0.310 e. The van der Waals surface area contributed by atoms with E-state index < -0.39 is 0 Å². The van der Waals surface area contributed by atoms with E-state index in [0.29, 0.717) is 11.6 Å². The highest BCUT2D eigenvalue weighted by atomic mass is 35.5. The number of benzene rings is 1. The zero-order chi connectivity index (χ0) is 12.3. The summed E-state index contributed by atoms with van der Waals surface area (Å²) in [5, 5.41) is 4.02. The SMILES string of the molecule is CCOC(=O)[C@H]1CCN[C@H]1c1cccc(Cl)c1. The first-order valence-electron chi connectivity index (χ1n) is 5.88. The van der Waals surface area contributed by atoms with Gasteiger partial charge >= 0.3 is 5.97 Å². The van der Waals surface area contributed by atoms with Crippen LogP contribution in [-0.4, -0.2) is 19.1 Å². The summed E-state index contributed by atoms with van der Waals surface area (Å²) >= 11 is 5.97. The predicted molar refractivity (Wildman–Crippen MR) is 66.9 cm³/mol. The van der Waals surface area contributed by atoms with Crippen LogP contribution in [0.4, 0.5) is 0 Å². The molecule has 3 nitrogen and oxygen atoms in total. The van der Waals surface area contributed by atoms with Crippen molar-refractivity contribution in [2.75, 3.05) is 13.2 Å². The summed E-state index contributed by atoms with van der Waals surface area (Å²) in [4.78, 5) is 11.8. The Morgan fingerprint density at radius 1 is 1.59 bits per heavy atom. The van der Waals surface area contributed by atoms with Crippen LogP contribution < -0.4 is 5.32 Å². The van der Waals surface area contributed by atoms with Gasteiger partial charge in [0.15, 0.2) is 0 Å². The highest BCUT2D eigenvalue weighted by Crippen LogP contribution is 2.31. The van der Waals surface area contributed by atoms with E-state index in [9.17, 15) is 4.79 Å². The third kappa shape index (κ3) is 2.79. The van der Waals surface area contributed by atoms with Gasteiger partial charge in [-0.1, -0.05) is 23.7 Å². The number of carbonyl (C=O) groups is 1. The molecule has 0 aliphatic carbocycles. The highest BCUT2D eigenvalue weighted by Gasteiger charge is 2.34. The zero-order valence-corrected chi connectivity index (χ0v) is 10.5. The van der Waals surface area contributed by atoms with Gasteiger partial charge in [0.25, 0.3) is 0 Å². The van der Waals surface area contributed by atoms with E-state index in [2.05, 4.69) is 5.32 Å². The molecule has 92 valence electrons. The molecule has 0 bridgehead atoms. The molecule has 0 amide bonds. The fourth-order valence-electron chi connectivity index (χ4n) is 2.26. The number of hydrogen-bond acceptors (Lipinski definition) is 3. The first-order valence-corrected chi connectivity index (χ1v) is 6.25. The molecule has 0 aromatic heterocycles. The second kappa shape index (κ2) is 5.52. The normalized spacial score (nSPS) is 23.6. The number of esters is 1. The van der Waals surface area contributed by atoms with Crippen LogP contribution in [0, 0.1) is 5.92 Å². The molecule has 2 atom stereocenters. The fourth-order valence-corrected chi connectivity index (χ4v) is 2.46. The smallest absolute Gasteiger partial charge is 0.310 e. The molecule has 0 unspecified atom stereocenters. The maximum absolute atomic E-state index is 11.8. The van der Waals surface area contributed by atoms with Gasteiger partial charge in [0, 0.05) is 11.1 Å². The maximum atomic E-state index is 11.8. The second-order valence-electron chi connectivity index (χ2n) is 4.13. The average molecular weight is 254 g/mol. The number of halogens is 1. The minimum atomic E-state index is -0.123. The van der Waals surface area contributed by atoms with Crippen molar-refractivity contribution in [3.8, 4) is 0 Å². The Bertz CT molecular complexity index is 408. The fraction of sp³-hybridized carbons (Fsp3) is 0.462. The molecule has 4 heteroatoms. The highest BCUT2D eigenvalue weighted by molar-refractivity contribution is 6.30. The van der Waals surface area contributed by atoms with Gasteiger partial charge < -0.3 is 10.1 Å². The summed E-state index contributed by atoms with van der Waals surface area (Å²) < 4.78 is 5.10. The lowest BCUT2D eigenvalue weighted by molar-refractivity contribution is -0.148. The molecule has 1 aromatic rings. The number of rotatable bonds is 3. The second-order valence-corrected chi connectivity index (χ2v) is 4.57. The summed E-state index contributed by atoms with van der Waals surface area (Å²) in [7, 11) is 0. The summed E-state index contributed by atoms with van der Waals surface area (Å²) in [6.07, 6.45) is 0.815. The van der Waals surface area contributed by atoms with Crippen LogP contribution in [0.2, 0.25) is 5.02 Å². The standard InChI is InChI=1S/C13H16ClNO2/c1-2-17-13(16)11-6-7-15-12(11)9-4-3-5-10(14)8-9/h3-5,8,11-12,15H,2,6-7H2,1H3/t11-,12-/m0/s1. The average Bonchev–Trinajstić information content (AvgIpc) is 2.78. The van der Waals surface area contributed by atoms with Gasteiger partial charge in [-0.2, -0.15) is 0 Å². The monoisotopic (exact) mass is 253 g/mol. The Hall–Kier alpha value is -1.06. The molecule has 1 aliphatic rings. The van der Waals surface area contributed by atoms with E-state index in [1.807, 2.05) is 31.2 Å². The van der Waals surface area contributed by atoms with Crippen molar-refractivity contribution in [3.05, 3.63) is 34.9 Å². The van der Waals surface area contributed by atoms with E-state index >= 15 is 0 Å². The Morgan fingerprint density at radius 3 is 3.12 bits per heavy atom. The first kappa shape index (κ1) is 12.4. The van der Waals surface area contributed by atoms with Crippen LogP contribution in [0.15, 0.2) is 24.3 Å². The molecule has 1 heterocycles. The van der Waals surface area contributed by atoms with Crippen molar-refractivity contribution >= 4 is 17.6 Å². The molecule has 0 saturated carbocycles. The molecule has 1 fully saturated rings. The van der Waals surface area contributed by atoms with Gasteiger partial charge in [-0.25, -0.2) is 0 Å². The quantitative estimate of drug-likeness (QED) is 0.842. The van der Waals surface area contributed by atoms with Gasteiger partial charge in [-0.3, -0.25) is 4.79 Å². The Kier molecular flexibility index (Phi) is 4.02. The summed E-state index contributed by atoms with van der Waals surface area (Å²) in [5.41, 5.74) is 1.05. The van der Waals surface area contributed by atoms with E-state index in [-0.39, 0.29) is 17.9 Å². The van der Waals surface area contributed by atoms with Crippen LogP contribution in [0.5, 0.6) is 0 Å². The van der Waals surface area contributed by atoms with Crippen molar-refractivity contribution in [1.82, 2.24) is 5.32 Å². The Morgan fingerprint density at radius 2 is 2.41 bits per heavy atom. The van der Waals surface area contributed by atoms with Crippen molar-refractivity contribution in [1.29, 1.82) is 0 Å². The van der Waals surface area contributed by atoms with Gasteiger partial charge in [-0.15, -0.1) is 0 Å². The largest absolute Gasteiger partial charge is 0.466 e. The molecule has 1 aromatic carbocycles. The van der Waals surface area contributed by atoms with Gasteiger partial charge in [0.2, 0.25) is 0 Å². The van der Waals surface area contributed by atoms with Gasteiger partial charge in [0.05, 0.1) is 12.5 Å². The van der Waals surface area contributed by atoms with Crippen LogP contribution in [-0.2, 0) is 9.53 Å². The lowest BCUT2D eigenvalue weighted by atomic mass is 9.94. The topological polar surface area (TPSA) is 38.3 Å². The van der Waals surface area contributed by atoms with E-state index in [0.717, 1.165) is 18.5 Å². The van der Waals surface area contributed by atoms with Crippen LogP contribution in [0.1, 0.15) is 24.9 Å². The third-order valence-electron chi connectivity index (χ3n) is 3.02. The Balaban J connectivity index is 2.17. The molecule has 1 saturated heterocycles. The molecule has 1 N–H and O–H groups in total. The van der Waals surface area contributed by atoms with Crippen molar-refractivity contribution in [2.45, 2.75) is 19.4 Å². The van der Waals surface area contributed by atoms with Crippen LogP contribution in [0.25, 0.3) is 0 Å². The molecule has 0 radical (unpaired) electrons. The molecular weight excluding hydrogens is 238 g/mol. The number of ether oxygens (including phenoxy) is 1. The summed E-state index contributed by atoms with van der Waals surface area (Å²) in [6.45, 7) is 3.09. The van der Waals surface area contributed by atoms with Gasteiger partial charge in [-0.05, 0) is 37.6 Å². The van der Waals surface area contributed by atoms with Gasteiger partial charge in [0.1, 0.15) is 0 Å². The number of nitrogens with one attached hydrogen (secondary N) is 1. The third-order valence-corrected chi connectivity index (χ3v) is 3.25. The predicted octanol–water partition coefficient (Wildman–Crippen LogP) is 2.55. The molecule has 1 aliphatic heterocycles. The lowest BCUT2D eigenvalue weighted by Gasteiger charge is -2.18. The van der Waals surface area contributed by atoms with Crippen LogP contribution >= 0.6 is 11.6 Å². The summed E-state index contributed by atoms with van der Waals surface area (Å²) in [6, 6.07) is 7.64.